The van der Waals surface area contributed by atoms with Crippen molar-refractivity contribution in [2.75, 3.05) is 30.1 Å². The van der Waals surface area contributed by atoms with E-state index in [2.05, 4.69) is 5.32 Å². The molecule has 6 heteroatoms. The molecule has 0 aliphatic carbocycles. The van der Waals surface area contributed by atoms with Crippen molar-refractivity contribution in [1.29, 1.82) is 0 Å². The Morgan fingerprint density at radius 1 is 1.35 bits per heavy atom. The number of amides is 1. The number of anilines is 2. The molecule has 2 rings (SSSR count). The Balaban J connectivity index is 2.67. The molecule has 0 radical (unpaired) electrons. The number of benzene rings is 1. The van der Waals surface area contributed by atoms with Crippen LogP contribution in [0.2, 0.25) is 0 Å². The SMILES string of the molecule is CN1CCC(=O)Nc2c1cccc2S(C)(=O)=O. The van der Waals surface area contributed by atoms with Crippen LogP contribution in [-0.4, -0.2) is 34.2 Å². The van der Waals surface area contributed by atoms with Gasteiger partial charge in [-0.25, -0.2) is 8.42 Å². The number of rotatable bonds is 1. The number of para-hydroxylation sites is 1. The zero-order chi connectivity index (χ0) is 12.6. The fourth-order valence-electron chi connectivity index (χ4n) is 1.86. The van der Waals surface area contributed by atoms with E-state index in [-0.39, 0.29) is 10.8 Å². The molecule has 0 aromatic heterocycles. The summed E-state index contributed by atoms with van der Waals surface area (Å²) in [5, 5.41) is 2.67. The molecule has 0 bridgehead atoms. The summed E-state index contributed by atoms with van der Waals surface area (Å²) < 4.78 is 23.3. The number of fused-ring (bicyclic) bond motifs is 1. The lowest BCUT2D eigenvalue weighted by atomic mass is 10.2. The summed E-state index contributed by atoms with van der Waals surface area (Å²) in [4.78, 5) is 13.6. The molecule has 0 atom stereocenters. The van der Waals surface area contributed by atoms with Gasteiger partial charge in [0.15, 0.2) is 9.84 Å². The highest BCUT2D eigenvalue weighted by Crippen LogP contribution is 2.33. The second kappa shape index (κ2) is 4.03. The fraction of sp³-hybridized carbons (Fsp3) is 0.364. The third-order valence-electron chi connectivity index (χ3n) is 2.75. The monoisotopic (exact) mass is 254 g/mol. The van der Waals surface area contributed by atoms with Gasteiger partial charge in [-0.2, -0.15) is 0 Å². The summed E-state index contributed by atoms with van der Waals surface area (Å²) in [5.41, 5.74) is 1.12. The normalized spacial score (nSPS) is 16.1. The Labute approximate surface area is 100 Å². The molecule has 5 nitrogen and oxygen atoms in total. The number of carbonyl (C=O) groups is 1. The Bertz CT molecular complexity index is 566. The van der Waals surface area contributed by atoms with Crippen molar-refractivity contribution in [2.24, 2.45) is 0 Å². The molecule has 0 fully saturated rings. The third-order valence-corrected chi connectivity index (χ3v) is 3.89. The predicted octanol–water partition coefficient (Wildman–Crippen LogP) is 0.869. The minimum Gasteiger partial charge on any atom is -0.372 e. The van der Waals surface area contributed by atoms with Gasteiger partial charge < -0.3 is 10.2 Å². The second-order valence-corrected chi connectivity index (χ2v) is 6.13. The Morgan fingerprint density at radius 2 is 2.06 bits per heavy atom. The van der Waals surface area contributed by atoms with Gasteiger partial charge in [0.25, 0.3) is 0 Å². The number of nitrogens with zero attached hydrogens (tertiary/aromatic N) is 1. The highest BCUT2D eigenvalue weighted by Gasteiger charge is 2.23. The quantitative estimate of drug-likeness (QED) is 0.807. The van der Waals surface area contributed by atoms with E-state index in [1.807, 2.05) is 11.9 Å². The predicted molar refractivity (Wildman–Crippen MR) is 66.1 cm³/mol. The molecule has 17 heavy (non-hydrogen) atoms. The molecule has 1 aromatic carbocycles. The van der Waals surface area contributed by atoms with Gasteiger partial charge >= 0.3 is 0 Å². The molecular weight excluding hydrogens is 240 g/mol. The molecule has 1 amide bonds. The standard InChI is InChI=1S/C11H14N2O3S/c1-13-7-6-10(14)12-11-8(13)4-3-5-9(11)17(2,15)16/h3-5H,6-7H2,1-2H3,(H,12,14). The first-order valence-corrected chi connectivity index (χ1v) is 7.13. The lowest BCUT2D eigenvalue weighted by Crippen LogP contribution is -2.18. The van der Waals surface area contributed by atoms with Crippen molar-refractivity contribution in [1.82, 2.24) is 0 Å². The van der Waals surface area contributed by atoms with Crippen LogP contribution in [-0.2, 0) is 14.6 Å². The zero-order valence-electron chi connectivity index (χ0n) is 9.73. The van der Waals surface area contributed by atoms with Gasteiger partial charge in [-0.05, 0) is 12.1 Å². The number of carbonyl (C=O) groups excluding carboxylic acids is 1. The van der Waals surface area contributed by atoms with Gasteiger partial charge in [0.1, 0.15) is 0 Å². The van der Waals surface area contributed by atoms with Crippen LogP contribution < -0.4 is 10.2 Å². The van der Waals surface area contributed by atoms with E-state index in [1.54, 1.807) is 12.1 Å². The smallest absolute Gasteiger partial charge is 0.226 e. The summed E-state index contributed by atoms with van der Waals surface area (Å²) in [5.74, 6) is -0.160. The summed E-state index contributed by atoms with van der Waals surface area (Å²) in [6.45, 7) is 0.575. The van der Waals surface area contributed by atoms with Gasteiger partial charge in [-0.1, -0.05) is 6.07 Å². The molecule has 1 aliphatic rings. The van der Waals surface area contributed by atoms with Crippen molar-refractivity contribution < 1.29 is 13.2 Å². The molecule has 0 unspecified atom stereocenters. The lowest BCUT2D eigenvalue weighted by molar-refractivity contribution is -0.115. The first-order valence-electron chi connectivity index (χ1n) is 5.23. The van der Waals surface area contributed by atoms with Crippen LogP contribution in [0.3, 0.4) is 0 Å². The van der Waals surface area contributed by atoms with Crippen LogP contribution in [0.15, 0.2) is 23.1 Å². The molecule has 1 aliphatic heterocycles. The van der Waals surface area contributed by atoms with Crippen LogP contribution in [0.4, 0.5) is 11.4 Å². The first kappa shape index (κ1) is 11.9. The average Bonchev–Trinajstić information content (AvgIpc) is 2.37. The van der Waals surface area contributed by atoms with E-state index in [0.717, 1.165) is 11.9 Å². The summed E-state index contributed by atoms with van der Waals surface area (Å²) >= 11 is 0. The Hall–Kier alpha value is -1.56. The Morgan fingerprint density at radius 3 is 2.71 bits per heavy atom. The highest BCUT2D eigenvalue weighted by atomic mass is 32.2. The van der Waals surface area contributed by atoms with Crippen molar-refractivity contribution in [3.05, 3.63) is 18.2 Å². The molecule has 1 heterocycles. The molecule has 0 spiro atoms. The Kier molecular flexibility index (Phi) is 2.82. The lowest BCUT2D eigenvalue weighted by Gasteiger charge is -2.19. The van der Waals surface area contributed by atoms with Gasteiger partial charge in [0.05, 0.1) is 16.3 Å². The van der Waals surface area contributed by atoms with Gasteiger partial charge in [-0.3, -0.25) is 4.79 Å². The summed E-state index contributed by atoms with van der Waals surface area (Å²) in [6, 6.07) is 4.99. The van der Waals surface area contributed by atoms with Gasteiger partial charge in [-0.15, -0.1) is 0 Å². The van der Waals surface area contributed by atoms with Gasteiger partial charge in [0, 0.05) is 26.3 Å². The third kappa shape index (κ3) is 2.26. The summed E-state index contributed by atoms with van der Waals surface area (Å²) in [7, 11) is -1.51. The van der Waals surface area contributed by atoms with Crippen LogP contribution >= 0.6 is 0 Å². The van der Waals surface area contributed by atoms with Crippen molar-refractivity contribution in [2.45, 2.75) is 11.3 Å². The topological polar surface area (TPSA) is 66.5 Å². The van der Waals surface area contributed by atoms with Gasteiger partial charge in [0.2, 0.25) is 5.91 Å². The summed E-state index contributed by atoms with van der Waals surface area (Å²) in [6.07, 6.45) is 1.49. The highest BCUT2D eigenvalue weighted by molar-refractivity contribution is 7.90. The molecular formula is C11H14N2O3S. The van der Waals surface area contributed by atoms with E-state index in [0.29, 0.717) is 18.7 Å². The second-order valence-electron chi connectivity index (χ2n) is 4.14. The van der Waals surface area contributed by atoms with Crippen LogP contribution in [0.1, 0.15) is 6.42 Å². The fourth-order valence-corrected chi connectivity index (χ4v) is 2.72. The minimum atomic E-state index is -3.35. The molecule has 0 saturated heterocycles. The number of nitrogens with one attached hydrogen (secondary N) is 1. The van der Waals surface area contributed by atoms with E-state index < -0.39 is 9.84 Å². The molecule has 92 valence electrons. The zero-order valence-corrected chi connectivity index (χ0v) is 10.5. The maximum atomic E-state index is 11.7. The van der Waals surface area contributed by atoms with E-state index in [9.17, 15) is 13.2 Å². The number of hydrogen-bond donors (Lipinski definition) is 1. The largest absolute Gasteiger partial charge is 0.372 e. The first-order chi connectivity index (χ1) is 7.89. The average molecular weight is 254 g/mol. The maximum absolute atomic E-state index is 11.7. The van der Waals surface area contributed by atoms with E-state index >= 15 is 0 Å². The maximum Gasteiger partial charge on any atom is 0.226 e. The van der Waals surface area contributed by atoms with E-state index in [4.69, 9.17) is 0 Å². The molecule has 0 saturated carbocycles. The van der Waals surface area contributed by atoms with Crippen molar-refractivity contribution in [3.63, 3.8) is 0 Å². The number of hydrogen-bond acceptors (Lipinski definition) is 4. The van der Waals surface area contributed by atoms with Crippen LogP contribution in [0.25, 0.3) is 0 Å². The van der Waals surface area contributed by atoms with Crippen LogP contribution in [0.5, 0.6) is 0 Å². The van der Waals surface area contributed by atoms with Crippen molar-refractivity contribution >= 4 is 27.1 Å². The van der Waals surface area contributed by atoms with E-state index in [1.165, 1.54) is 6.07 Å². The minimum absolute atomic E-state index is 0.160. The van der Waals surface area contributed by atoms with Crippen LogP contribution in [0, 0.1) is 0 Å². The molecule has 1 N–H and O–H groups in total. The molecule has 1 aromatic rings. The van der Waals surface area contributed by atoms with Crippen molar-refractivity contribution in [3.8, 4) is 0 Å². The number of sulfone groups is 1.